The predicted octanol–water partition coefficient (Wildman–Crippen LogP) is 4.15. The van der Waals surface area contributed by atoms with Crippen molar-refractivity contribution in [2.75, 3.05) is 10.6 Å². The molecule has 0 saturated heterocycles. The van der Waals surface area contributed by atoms with Crippen molar-refractivity contribution in [1.29, 1.82) is 0 Å². The SMILES string of the molecule is CC(=O)Nc1cc(NC(=O)[C@H]2CC(c3ccc(Cl)s3)=NO2)ccc1Cl. The van der Waals surface area contributed by atoms with Gasteiger partial charge >= 0.3 is 0 Å². The molecule has 6 nitrogen and oxygen atoms in total. The average molecular weight is 398 g/mol. The Labute approximate surface area is 157 Å². The minimum Gasteiger partial charge on any atom is -0.382 e. The number of rotatable bonds is 4. The highest BCUT2D eigenvalue weighted by Crippen LogP contribution is 2.28. The van der Waals surface area contributed by atoms with Gasteiger partial charge in [0.15, 0.2) is 0 Å². The summed E-state index contributed by atoms with van der Waals surface area (Å²) in [7, 11) is 0. The molecule has 0 aliphatic carbocycles. The highest BCUT2D eigenvalue weighted by molar-refractivity contribution is 7.18. The number of carbonyl (C=O) groups excluding carboxylic acids is 2. The first-order chi connectivity index (χ1) is 11.9. The lowest BCUT2D eigenvalue weighted by Crippen LogP contribution is -2.28. The second kappa shape index (κ2) is 7.43. The molecule has 1 aromatic carbocycles. The van der Waals surface area contributed by atoms with Gasteiger partial charge in [-0.3, -0.25) is 9.59 Å². The van der Waals surface area contributed by atoms with Crippen molar-refractivity contribution < 1.29 is 14.4 Å². The molecule has 1 aliphatic heterocycles. The molecule has 0 saturated carbocycles. The summed E-state index contributed by atoms with van der Waals surface area (Å²) in [6, 6.07) is 8.43. The van der Waals surface area contributed by atoms with Crippen LogP contribution in [0.5, 0.6) is 0 Å². The Morgan fingerprint density at radius 2 is 2.04 bits per heavy atom. The molecule has 2 aromatic rings. The van der Waals surface area contributed by atoms with Crippen LogP contribution in [0.1, 0.15) is 18.2 Å². The molecule has 130 valence electrons. The van der Waals surface area contributed by atoms with E-state index in [1.165, 1.54) is 18.3 Å². The largest absolute Gasteiger partial charge is 0.382 e. The van der Waals surface area contributed by atoms with Crippen LogP contribution in [0.3, 0.4) is 0 Å². The maximum atomic E-state index is 12.4. The fourth-order valence-corrected chi connectivity index (χ4v) is 3.44. The lowest BCUT2D eigenvalue weighted by Gasteiger charge is -2.11. The topological polar surface area (TPSA) is 79.8 Å². The summed E-state index contributed by atoms with van der Waals surface area (Å²) in [6.07, 6.45) is -0.370. The Morgan fingerprint density at radius 3 is 2.72 bits per heavy atom. The molecule has 0 spiro atoms. The molecule has 0 bridgehead atoms. The third-order valence-corrected chi connectivity index (χ3v) is 4.97. The number of oxime groups is 1. The quantitative estimate of drug-likeness (QED) is 0.812. The molecule has 1 atom stereocenters. The number of carbonyl (C=O) groups is 2. The van der Waals surface area contributed by atoms with E-state index in [0.29, 0.717) is 32.9 Å². The van der Waals surface area contributed by atoms with Gasteiger partial charge in [-0.15, -0.1) is 11.3 Å². The highest BCUT2D eigenvalue weighted by atomic mass is 35.5. The maximum Gasteiger partial charge on any atom is 0.268 e. The molecule has 9 heteroatoms. The first-order valence-corrected chi connectivity index (χ1v) is 8.86. The number of hydrogen-bond acceptors (Lipinski definition) is 5. The smallest absolute Gasteiger partial charge is 0.268 e. The number of nitrogens with zero attached hydrogens (tertiary/aromatic N) is 1. The van der Waals surface area contributed by atoms with E-state index >= 15 is 0 Å². The summed E-state index contributed by atoms with van der Waals surface area (Å²) in [5.74, 6) is -0.588. The van der Waals surface area contributed by atoms with Crippen molar-refractivity contribution >= 4 is 63.4 Å². The van der Waals surface area contributed by atoms with Gasteiger partial charge in [-0.25, -0.2) is 0 Å². The van der Waals surface area contributed by atoms with Gasteiger partial charge in [0.05, 0.1) is 19.9 Å². The average Bonchev–Trinajstić information content (AvgIpc) is 3.19. The Kier molecular flexibility index (Phi) is 5.27. The van der Waals surface area contributed by atoms with Crippen molar-refractivity contribution in [2.24, 2.45) is 5.16 Å². The molecular formula is C16H13Cl2N3O3S. The number of thiophene rings is 1. The second-order valence-electron chi connectivity index (χ2n) is 5.30. The Bertz CT molecular complexity index is 866. The zero-order chi connectivity index (χ0) is 18.0. The zero-order valence-electron chi connectivity index (χ0n) is 13.0. The van der Waals surface area contributed by atoms with Crippen LogP contribution in [0.15, 0.2) is 35.5 Å². The Hall–Kier alpha value is -2.09. The van der Waals surface area contributed by atoms with Gasteiger partial charge in [0.25, 0.3) is 5.91 Å². The molecule has 25 heavy (non-hydrogen) atoms. The van der Waals surface area contributed by atoms with Crippen LogP contribution >= 0.6 is 34.5 Å². The fourth-order valence-electron chi connectivity index (χ4n) is 2.24. The number of amides is 2. The minimum absolute atomic E-state index is 0.253. The number of halogens is 2. The van der Waals surface area contributed by atoms with E-state index in [0.717, 1.165) is 4.88 Å². The van der Waals surface area contributed by atoms with E-state index in [1.54, 1.807) is 24.3 Å². The third kappa shape index (κ3) is 4.31. The van der Waals surface area contributed by atoms with Gasteiger partial charge in [0.1, 0.15) is 5.71 Å². The molecule has 1 aliphatic rings. The Morgan fingerprint density at radius 1 is 1.24 bits per heavy atom. The predicted molar refractivity (Wildman–Crippen MR) is 99.7 cm³/mol. The van der Waals surface area contributed by atoms with E-state index in [2.05, 4.69) is 15.8 Å². The summed E-state index contributed by atoms with van der Waals surface area (Å²) in [5, 5.41) is 9.68. The molecule has 1 aromatic heterocycles. The van der Waals surface area contributed by atoms with Crippen LogP contribution in [0.4, 0.5) is 11.4 Å². The summed E-state index contributed by atoms with van der Waals surface area (Å²) in [6.45, 7) is 1.38. The van der Waals surface area contributed by atoms with Crippen LogP contribution in [0.25, 0.3) is 0 Å². The normalized spacial score (nSPS) is 16.1. The summed E-state index contributed by atoms with van der Waals surface area (Å²) in [5.41, 5.74) is 1.60. The van der Waals surface area contributed by atoms with E-state index in [4.69, 9.17) is 28.0 Å². The number of hydrogen-bond donors (Lipinski definition) is 2. The highest BCUT2D eigenvalue weighted by Gasteiger charge is 2.29. The van der Waals surface area contributed by atoms with E-state index in [1.807, 2.05) is 6.07 Å². The number of anilines is 2. The zero-order valence-corrected chi connectivity index (χ0v) is 15.3. The molecule has 3 rings (SSSR count). The lowest BCUT2D eigenvalue weighted by atomic mass is 10.1. The van der Waals surface area contributed by atoms with Gasteiger partial charge in [-0.2, -0.15) is 0 Å². The van der Waals surface area contributed by atoms with Crippen LogP contribution in [0, 0.1) is 0 Å². The minimum atomic E-state index is -0.726. The molecule has 2 heterocycles. The van der Waals surface area contributed by atoms with E-state index in [9.17, 15) is 9.59 Å². The molecule has 2 N–H and O–H groups in total. The summed E-state index contributed by atoms with van der Waals surface area (Å²) >= 11 is 13.3. The first kappa shape index (κ1) is 17.7. The van der Waals surface area contributed by atoms with Crippen LogP contribution < -0.4 is 10.6 Å². The van der Waals surface area contributed by atoms with Crippen LogP contribution in [-0.2, 0) is 14.4 Å². The van der Waals surface area contributed by atoms with Crippen molar-refractivity contribution in [2.45, 2.75) is 19.4 Å². The van der Waals surface area contributed by atoms with Crippen molar-refractivity contribution in [3.05, 3.63) is 44.6 Å². The van der Waals surface area contributed by atoms with Crippen LogP contribution in [0.2, 0.25) is 9.36 Å². The molecular weight excluding hydrogens is 385 g/mol. The van der Waals surface area contributed by atoms with Crippen molar-refractivity contribution in [3.8, 4) is 0 Å². The number of nitrogens with one attached hydrogen (secondary N) is 2. The summed E-state index contributed by atoms with van der Waals surface area (Å²) < 4.78 is 0.650. The monoisotopic (exact) mass is 397 g/mol. The first-order valence-electron chi connectivity index (χ1n) is 7.29. The molecule has 0 radical (unpaired) electrons. The maximum absolute atomic E-state index is 12.4. The van der Waals surface area contributed by atoms with Crippen molar-refractivity contribution in [1.82, 2.24) is 0 Å². The standard InChI is InChI=1S/C16H13Cl2N3O3S/c1-8(22)19-11-6-9(2-3-10(11)17)20-16(23)13-7-12(21-24-13)14-4-5-15(18)25-14/h2-6,13H,7H2,1H3,(H,19,22)(H,20,23)/t13-/m1/s1. The van der Waals surface area contributed by atoms with Crippen molar-refractivity contribution in [3.63, 3.8) is 0 Å². The number of benzene rings is 1. The summed E-state index contributed by atoms with van der Waals surface area (Å²) in [4.78, 5) is 29.6. The van der Waals surface area contributed by atoms with Gasteiger partial charge in [0, 0.05) is 19.0 Å². The molecule has 0 fully saturated rings. The third-order valence-electron chi connectivity index (χ3n) is 3.36. The van der Waals surface area contributed by atoms with E-state index in [-0.39, 0.29) is 11.8 Å². The van der Waals surface area contributed by atoms with Gasteiger partial charge in [0.2, 0.25) is 12.0 Å². The Balaban J connectivity index is 1.64. The van der Waals surface area contributed by atoms with Gasteiger partial charge in [-0.1, -0.05) is 28.4 Å². The van der Waals surface area contributed by atoms with E-state index < -0.39 is 6.10 Å². The molecule has 0 unspecified atom stereocenters. The van der Waals surface area contributed by atoms with Gasteiger partial charge < -0.3 is 15.5 Å². The molecule has 2 amide bonds. The van der Waals surface area contributed by atoms with Crippen LogP contribution in [-0.4, -0.2) is 23.6 Å². The lowest BCUT2D eigenvalue weighted by molar-refractivity contribution is -0.125. The fraction of sp³-hybridized carbons (Fsp3) is 0.188. The van der Waals surface area contributed by atoms with Gasteiger partial charge in [-0.05, 0) is 30.3 Å². The second-order valence-corrected chi connectivity index (χ2v) is 7.43.